The maximum atomic E-state index is 12.5. The molecule has 0 radical (unpaired) electrons. The van der Waals surface area contributed by atoms with Crippen LogP contribution >= 0.6 is 23.2 Å². The standard InChI is InChI=1S/C17H16Cl2N2O2/c1-11(2)21(17(23)12-6-4-3-5-7-12)20-16(22)13-8-9-14(18)15(19)10-13/h3-11H,1-2H3,(H,20,22). The Labute approximate surface area is 145 Å². The Morgan fingerprint density at radius 3 is 2.17 bits per heavy atom. The van der Waals surface area contributed by atoms with E-state index in [1.54, 1.807) is 30.3 Å². The highest BCUT2D eigenvalue weighted by Crippen LogP contribution is 2.22. The van der Waals surface area contributed by atoms with E-state index in [0.717, 1.165) is 0 Å². The highest BCUT2D eigenvalue weighted by molar-refractivity contribution is 6.42. The van der Waals surface area contributed by atoms with Gasteiger partial charge < -0.3 is 0 Å². The lowest BCUT2D eigenvalue weighted by Crippen LogP contribution is -2.50. The molecule has 0 aliphatic carbocycles. The van der Waals surface area contributed by atoms with Crippen LogP contribution in [0.3, 0.4) is 0 Å². The molecule has 2 amide bonds. The molecule has 0 aliphatic heterocycles. The van der Waals surface area contributed by atoms with E-state index in [2.05, 4.69) is 5.43 Å². The van der Waals surface area contributed by atoms with Gasteiger partial charge in [-0.2, -0.15) is 0 Å². The monoisotopic (exact) mass is 350 g/mol. The molecular weight excluding hydrogens is 335 g/mol. The molecular formula is C17H16Cl2N2O2. The summed E-state index contributed by atoms with van der Waals surface area (Å²) in [6.07, 6.45) is 0. The molecule has 0 spiro atoms. The van der Waals surface area contributed by atoms with Crippen molar-refractivity contribution in [2.24, 2.45) is 0 Å². The molecule has 0 aliphatic rings. The summed E-state index contributed by atoms with van der Waals surface area (Å²) in [5.74, 6) is -0.712. The van der Waals surface area contributed by atoms with Gasteiger partial charge in [0.05, 0.1) is 10.0 Å². The first kappa shape index (κ1) is 17.3. The maximum Gasteiger partial charge on any atom is 0.272 e. The topological polar surface area (TPSA) is 49.4 Å². The molecule has 0 atom stereocenters. The Hall–Kier alpha value is -2.04. The number of rotatable bonds is 3. The van der Waals surface area contributed by atoms with Gasteiger partial charge in [0.2, 0.25) is 0 Å². The van der Waals surface area contributed by atoms with Gasteiger partial charge in [-0.05, 0) is 44.2 Å². The van der Waals surface area contributed by atoms with Crippen molar-refractivity contribution in [2.45, 2.75) is 19.9 Å². The summed E-state index contributed by atoms with van der Waals surface area (Å²) in [5, 5.41) is 1.94. The average molecular weight is 351 g/mol. The second-order valence-corrected chi connectivity index (χ2v) is 6.02. The molecule has 0 aromatic heterocycles. The van der Waals surface area contributed by atoms with Crippen LogP contribution in [0.15, 0.2) is 48.5 Å². The van der Waals surface area contributed by atoms with Gasteiger partial charge in [-0.25, -0.2) is 5.01 Å². The number of benzene rings is 2. The number of amides is 2. The molecule has 0 unspecified atom stereocenters. The second kappa shape index (κ2) is 7.49. The van der Waals surface area contributed by atoms with Crippen LogP contribution in [0.4, 0.5) is 0 Å². The van der Waals surface area contributed by atoms with Crippen LogP contribution in [0.2, 0.25) is 10.0 Å². The van der Waals surface area contributed by atoms with E-state index in [1.807, 2.05) is 19.9 Å². The highest BCUT2D eigenvalue weighted by atomic mass is 35.5. The quantitative estimate of drug-likeness (QED) is 0.843. The first-order chi connectivity index (χ1) is 10.9. The lowest BCUT2D eigenvalue weighted by atomic mass is 10.2. The van der Waals surface area contributed by atoms with Crippen molar-refractivity contribution >= 4 is 35.0 Å². The van der Waals surface area contributed by atoms with Gasteiger partial charge in [0.15, 0.2) is 0 Å². The lowest BCUT2D eigenvalue weighted by Gasteiger charge is -2.27. The molecule has 1 N–H and O–H groups in total. The van der Waals surface area contributed by atoms with Crippen LogP contribution < -0.4 is 5.43 Å². The number of hydrogen-bond donors (Lipinski definition) is 1. The van der Waals surface area contributed by atoms with Crippen LogP contribution in [0, 0.1) is 0 Å². The van der Waals surface area contributed by atoms with E-state index >= 15 is 0 Å². The predicted octanol–water partition coefficient (Wildman–Crippen LogP) is 4.19. The van der Waals surface area contributed by atoms with Crippen molar-refractivity contribution in [3.63, 3.8) is 0 Å². The number of carbonyl (C=O) groups is 2. The summed E-state index contributed by atoms with van der Waals surface area (Å²) >= 11 is 11.8. The van der Waals surface area contributed by atoms with E-state index in [9.17, 15) is 9.59 Å². The molecule has 0 fully saturated rings. The van der Waals surface area contributed by atoms with Crippen molar-refractivity contribution in [1.29, 1.82) is 0 Å². The van der Waals surface area contributed by atoms with Gasteiger partial charge in [-0.1, -0.05) is 41.4 Å². The number of hydrazine groups is 1. The van der Waals surface area contributed by atoms with Crippen LogP contribution in [-0.2, 0) is 0 Å². The molecule has 0 heterocycles. The van der Waals surface area contributed by atoms with Crippen molar-refractivity contribution in [2.75, 3.05) is 0 Å². The Bertz CT molecular complexity index is 718. The molecule has 2 rings (SSSR count). The fourth-order valence-electron chi connectivity index (χ4n) is 1.95. The van der Waals surface area contributed by atoms with Gasteiger partial charge in [0.1, 0.15) is 0 Å². The van der Waals surface area contributed by atoms with Crippen LogP contribution in [-0.4, -0.2) is 22.9 Å². The van der Waals surface area contributed by atoms with Gasteiger partial charge in [-0.15, -0.1) is 0 Å². The average Bonchev–Trinajstić information content (AvgIpc) is 2.54. The van der Waals surface area contributed by atoms with E-state index in [1.165, 1.54) is 17.1 Å². The predicted molar refractivity (Wildman–Crippen MR) is 91.7 cm³/mol. The summed E-state index contributed by atoms with van der Waals surface area (Å²) in [6.45, 7) is 3.63. The SMILES string of the molecule is CC(C)N(NC(=O)c1ccc(Cl)c(Cl)c1)C(=O)c1ccccc1. The zero-order valence-corrected chi connectivity index (χ0v) is 14.2. The van der Waals surface area contributed by atoms with E-state index in [-0.39, 0.29) is 17.0 Å². The largest absolute Gasteiger partial charge is 0.272 e. The number of nitrogens with zero attached hydrogens (tertiary/aromatic N) is 1. The molecule has 0 saturated heterocycles. The Balaban J connectivity index is 2.20. The normalized spacial score (nSPS) is 10.5. The van der Waals surface area contributed by atoms with Crippen molar-refractivity contribution < 1.29 is 9.59 Å². The Morgan fingerprint density at radius 2 is 1.61 bits per heavy atom. The molecule has 0 saturated carbocycles. The number of nitrogens with one attached hydrogen (secondary N) is 1. The number of halogens is 2. The fraction of sp³-hybridized carbons (Fsp3) is 0.176. The number of hydrogen-bond acceptors (Lipinski definition) is 2. The summed E-state index contributed by atoms with van der Waals surface area (Å²) in [5.41, 5.74) is 3.44. The third-order valence-corrected chi connectivity index (χ3v) is 3.90. The van der Waals surface area contributed by atoms with E-state index in [0.29, 0.717) is 16.1 Å². The molecule has 2 aromatic rings. The summed E-state index contributed by atoms with van der Waals surface area (Å²) in [6, 6.07) is 13.1. The zero-order valence-electron chi connectivity index (χ0n) is 12.7. The van der Waals surface area contributed by atoms with Crippen LogP contribution in [0.25, 0.3) is 0 Å². The molecule has 23 heavy (non-hydrogen) atoms. The molecule has 4 nitrogen and oxygen atoms in total. The fourth-order valence-corrected chi connectivity index (χ4v) is 2.24. The molecule has 120 valence electrons. The molecule has 6 heteroatoms. The minimum atomic E-state index is -0.429. The van der Waals surface area contributed by atoms with Gasteiger partial charge in [0, 0.05) is 17.2 Å². The Kier molecular flexibility index (Phi) is 5.64. The minimum Gasteiger partial charge on any atom is -0.267 e. The third-order valence-electron chi connectivity index (χ3n) is 3.16. The van der Waals surface area contributed by atoms with E-state index in [4.69, 9.17) is 23.2 Å². The van der Waals surface area contributed by atoms with Gasteiger partial charge in [0.25, 0.3) is 11.8 Å². The molecule has 0 bridgehead atoms. The van der Waals surface area contributed by atoms with Crippen molar-refractivity contribution in [3.8, 4) is 0 Å². The Morgan fingerprint density at radius 1 is 0.957 bits per heavy atom. The minimum absolute atomic E-state index is 0.213. The number of carbonyl (C=O) groups excluding carboxylic acids is 2. The maximum absolute atomic E-state index is 12.5. The highest BCUT2D eigenvalue weighted by Gasteiger charge is 2.21. The third kappa shape index (κ3) is 4.24. The van der Waals surface area contributed by atoms with Gasteiger partial charge >= 0.3 is 0 Å². The first-order valence-electron chi connectivity index (χ1n) is 7.05. The van der Waals surface area contributed by atoms with Crippen LogP contribution in [0.1, 0.15) is 34.6 Å². The summed E-state index contributed by atoms with van der Waals surface area (Å²) < 4.78 is 0. The first-order valence-corrected chi connectivity index (χ1v) is 7.80. The van der Waals surface area contributed by atoms with E-state index < -0.39 is 5.91 Å². The lowest BCUT2D eigenvalue weighted by molar-refractivity contribution is 0.0516. The second-order valence-electron chi connectivity index (χ2n) is 5.20. The molecule has 2 aromatic carbocycles. The summed E-state index contributed by atoms with van der Waals surface area (Å²) in [7, 11) is 0. The van der Waals surface area contributed by atoms with Gasteiger partial charge in [-0.3, -0.25) is 15.0 Å². The van der Waals surface area contributed by atoms with Crippen molar-refractivity contribution in [1.82, 2.24) is 10.4 Å². The zero-order chi connectivity index (χ0) is 17.0. The van der Waals surface area contributed by atoms with Crippen LogP contribution in [0.5, 0.6) is 0 Å². The smallest absolute Gasteiger partial charge is 0.267 e. The van der Waals surface area contributed by atoms with Crippen molar-refractivity contribution in [3.05, 3.63) is 69.7 Å². The summed E-state index contributed by atoms with van der Waals surface area (Å²) in [4.78, 5) is 24.9.